The van der Waals surface area contributed by atoms with Crippen LogP contribution in [-0.4, -0.2) is 55.8 Å². The van der Waals surface area contributed by atoms with Crippen LogP contribution in [0.5, 0.6) is 0 Å². The second kappa shape index (κ2) is 19.2. The fraction of sp³-hybridized carbons (Fsp3) is 0. The van der Waals surface area contributed by atoms with E-state index in [1.807, 2.05) is 84.9 Å². The van der Waals surface area contributed by atoms with E-state index in [4.69, 9.17) is 11.5 Å². The largest absolute Gasteiger partial charge is 0.397 e. The van der Waals surface area contributed by atoms with Crippen LogP contribution in [0.4, 0.5) is 68.8 Å². The number of nitrogens with two attached hydrogens (primary N) is 2. The SMILES string of the molecule is Nc1ccc(Nc2cccc3ccccc23)cc1N(c1ccc(C=Cc2ccc(N(c3ncncn3)c3cc(Nc4cccc5ccccc45)ccc3N)cc2S(=O)(=O)O)c(S(=O)(=O)O)c1)c1ncncn1. The highest BCUT2D eigenvalue weighted by molar-refractivity contribution is 7.86. The normalized spacial score (nSPS) is 11.8. The van der Waals surface area contributed by atoms with E-state index in [1.54, 1.807) is 48.5 Å². The quantitative estimate of drug-likeness (QED) is 0.0336. The van der Waals surface area contributed by atoms with E-state index in [0.29, 0.717) is 22.7 Å². The Hall–Kier alpha value is -9.34. The lowest BCUT2D eigenvalue weighted by Gasteiger charge is -2.26. The number of benzene rings is 8. The first-order valence-corrected chi connectivity index (χ1v) is 24.7. The summed E-state index contributed by atoms with van der Waals surface area (Å²) in [6.07, 6.45) is 7.64. The van der Waals surface area contributed by atoms with Crippen molar-refractivity contribution >= 4 is 123 Å². The van der Waals surface area contributed by atoms with Gasteiger partial charge in [0.05, 0.1) is 34.1 Å². The number of aromatic nitrogens is 6. The summed E-state index contributed by atoms with van der Waals surface area (Å²) in [5.74, 6) is 0.143. The molecule has 0 saturated carbocycles. The van der Waals surface area contributed by atoms with Gasteiger partial charge in [-0.25, -0.2) is 29.9 Å². The van der Waals surface area contributed by atoms with E-state index in [2.05, 4.69) is 40.5 Å². The first-order chi connectivity index (χ1) is 34.8. The molecule has 10 aromatic rings. The number of fused-ring (bicyclic) bond motifs is 2. The van der Waals surface area contributed by atoms with Crippen molar-refractivity contribution in [2.75, 3.05) is 31.9 Å². The van der Waals surface area contributed by atoms with Gasteiger partial charge in [0, 0.05) is 33.5 Å². The van der Waals surface area contributed by atoms with Gasteiger partial charge in [0.15, 0.2) is 0 Å². The van der Waals surface area contributed by atoms with Gasteiger partial charge in [-0.3, -0.25) is 18.9 Å². The molecule has 0 fully saturated rings. The molecule has 0 unspecified atom stereocenters. The molecule has 0 saturated heterocycles. The molecule has 0 aliphatic heterocycles. The molecule has 0 bridgehead atoms. The van der Waals surface area contributed by atoms with Crippen LogP contribution in [-0.2, 0) is 20.2 Å². The molecule has 72 heavy (non-hydrogen) atoms. The van der Waals surface area contributed by atoms with Gasteiger partial charge in [0.1, 0.15) is 35.1 Å². The summed E-state index contributed by atoms with van der Waals surface area (Å²) in [6.45, 7) is 0. The van der Waals surface area contributed by atoms with Crippen LogP contribution in [0, 0.1) is 0 Å². The minimum Gasteiger partial charge on any atom is -0.397 e. The van der Waals surface area contributed by atoms with E-state index in [9.17, 15) is 25.9 Å². The molecule has 0 radical (unpaired) electrons. The Kier molecular flexibility index (Phi) is 12.4. The lowest BCUT2D eigenvalue weighted by atomic mass is 10.1. The molecule has 10 rings (SSSR count). The molecule has 2 aromatic heterocycles. The predicted octanol–water partition coefficient (Wildman–Crippen LogP) is 10.6. The van der Waals surface area contributed by atoms with E-state index in [0.717, 1.165) is 32.9 Å². The van der Waals surface area contributed by atoms with Gasteiger partial charge in [-0.2, -0.15) is 16.8 Å². The van der Waals surface area contributed by atoms with Crippen molar-refractivity contribution in [1.29, 1.82) is 0 Å². The third kappa shape index (κ3) is 9.64. The second-order valence-corrected chi connectivity index (χ2v) is 18.9. The number of nitrogens with zero attached hydrogens (tertiary/aromatic N) is 8. The van der Waals surface area contributed by atoms with E-state index >= 15 is 0 Å². The Balaban J connectivity index is 1.02. The van der Waals surface area contributed by atoms with Crippen LogP contribution < -0.4 is 31.9 Å². The molecular weight excluding hydrogens is 953 g/mol. The summed E-state index contributed by atoms with van der Waals surface area (Å²) in [5, 5.41) is 10.9. The van der Waals surface area contributed by atoms with Gasteiger partial charge < -0.3 is 22.1 Å². The molecule has 0 spiro atoms. The van der Waals surface area contributed by atoms with Crippen molar-refractivity contribution in [3.05, 3.63) is 194 Å². The molecule has 0 aliphatic rings. The Morgan fingerprint density at radius 3 is 1.25 bits per heavy atom. The Morgan fingerprint density at radius 2 is 0.847 bits per heavy atom. The zero-order chi connectivity index (χ0) is 50.0. The van der Waals surface area contributed by atoms with E-state index in [1.165, 1.54) is 71.5 Å². The van der Waals surface area contributed by atoms with Gasteiger partial charge in [0.25, 0.3) is 20.2 Å². The van der Waals surface area contributed by atoms with Crippen molar-refractivity contribution in [1.82, 2.24) is 29.9 Å². The van der Waals surface area contributed by atoms with Crippen molar-refractivity contribution < 1.29 is 25.9 Å². The number of hydrogen-bond donors (Lipinski definition) is 6. The Bertz CT molecular complexity index is 3680. The Morgan fingerprint density at radius 1 is 0.458 bits per heavy atom. The molecular formula is C52H40N12O6S2. The fourth-order valence-electron chi connectivity index (χ4n) is 8.26. The first-order valence-electron chi connectivity index (χ1n) is 21.8. The zero-order valence-corrected chi connectivity index (χ0v) is 39.2. The van der Waals surface area contributed by atoms with Crippen molar-refractivity contribution in [2.24, 2.45) is 0 Å². The highest BCUT2D eigenvalue weighted by atomic mass is 32.2. The van der Waals surface area contributed by atoms with Crippen molar-refractivity contribution in [3.8, 4) is 0 Å². The fourth-order valence-corrected chi connectivity index (χ4v) is 9.66. The smallest absolute Gasteiger partial charge is 0.295 e. The maximum atomic E-state index is 13.2. The first kappa shape index (κ1) is 46.4. The van der Waals surface area contributed by atoms with Crippen LogP contribution in [0.15, 0.2) is 193 Å². The highest BCUT2D eigenvalue weighted by Crippen LogP contribution is 2.42. The number of nitrogen functional groups attached to an aromatic ring is 2. The molecule has 2 heterocycles. The minimum atomic E-state index is -4.98. The average molecular weight is 993 g/mol. The summed E-state index contributed by atoms with van der Waals surface area (Å²) in [6, 6.07) is 46.3. The second-order valence-electron chi connectivity index (χ2n) is 16.1. The monoisotopic (exact) mass is 992 g/mol. The molecule has 0 aliphatic carbocycles. The summed E-state index contributed by atoms with van der Waals surface area (Å²) in [5.41, 5.74) is 17.7. The van der Waals surface area contributed by atoms with Gasteiger partial charge in [-0.05, 0) is 94.7 Å². The van der Waals surface area contributed by atoms with Crippen LogP contribution in [0.3, 0.4) is 0 Å². The van der Waals surface area contributed by atoms with Crippen molar-refractivity contribution in [3.63, 3.8) is 0 Å². The minimum absolute atomic E-state index is 0.0448. The molecule has 0 amide bonds. The summed E-state index contributed by atoms with van der Waals surface area (Å²) in [7, 11) is -9.96. The van der Waals surface area contributed by atoms with Gasteiger partial charge in [0.2, 0.25) is 11.9 Å². The molecule has 8 N–H and O–H groups in total. The molecule has 18 nitrogen and oxygen atoms in total. The van der Waals surface area contributed by atoms with Gasteiger partial charge in [-0.15, -0.1) is 0 Å². The molecule has 8 aromatic carbocycles. The van der Waals surface area contributed by atoms with Crippen LogP contribution in [0.2, 0.25) is 0 Å². The van der Waals surface area contributed by atoms with Crippen LogP contribution in [0.1, 0.15) is 11.1 Å². The van der Waals surface area contributed by atoms with Crippen molar-refractivity contribution in [2.45, 2.75) is 9.79 Å². The topological polar surface area (TPSA) is 269 Å². The highest BCUT2D eigenvalue weighted by Gasteiger charge is 2.25. The standard InChI is InChI=1S/C52H40N12O6S2/c53-43-23-19-37(61-45-13-5-9-33-7-1-3-11-41(33)45)25-47(43)63(51-57-29-55-30-58-51)39-21-17-35(49(27-39)71(65,66)67)15-16-36-18-22-40(28-50(36)72(68,69)70)64(52-59-31-56-32-60-52)48-26-38(20-24-44(48)54)62-46-14-6-10-34-8-2-4-12-42(34)46/h1-32,61-62H,53-54H2,(H,65,66,67)(H,68,69,70). The number of hydrogen-bond acceptors (Lipinski definition) is 16. The summed E-state index contributed by atoms with van der Waals surface area (Å²) < 4.78 is 74.3. The number of nitrogens with one attached hydrogen (secondary N) is 2. The van der Waals surface area contributed by atoms with E-state index < -0.39 is 30.0 Å². The third-order valence-electron chi connectivity index (χ3n) is 11.5. The van der Waals surface area contributed by atoms with Crippen LogP contribution >= 0.6 is 0 Å². The lowest BCUT2D eigenvalue weighted by molar-refractivity contribution is 0.480. The summed E-state index contributed by atoms with van der Waals surface area (Å²) in [4.78, 5) is 27.1. The lowest BCUT2D eigenvalue weighted by Crippen LogP contribution is -2.16. The average Bonchev–Trinajstić information content (AvgIpc) is 3.38. The van der Waals surface area contributed by atoms with E-state index in [-0.39, 0.29) is 45.8 Å². The number of anilines is 12. The number of rotatable bonds is 14. The molecule has 20 heteroatoms. The summed E-state index contributed by atoms with van der Waals surface area (Å²) >= 11 is 0. The maximum Gasteiger partial charge on any atom is 0.295 e. The Labute approximate surface area is 412 Å². The third-order valence-corrected chi connectivity index (χ3v) is 13.4. The molecule has 0 atom stereocenters. The predicted molar refractivity (Wildman–Crippen MR) is 281 cm³/mol. The molecule has 356 valence electrons. The zero-order valence-electron chi connectivity index (χ0n) is 37.6. The van der Waals surface area contributed by atoms with Crippen LogP contribution in [0.25, 0.3) is 33.7 Å². The maximum absolute atomic E-state index is 13.2. The van der Waals surface area contributed by atoms with Gasteiger partial charge >= 0.3 is 0 Å². The van der Waals surface area contributed by atoms with Gasteiger partial charge in [-0.1, -0.05) is 97.1 Å².